The molecule has 3 aliphatic heterocycles. The number of amides is 5. The average Bonchev–Trinajstić information content (AvgIpc) is 3.09. The molecule has 0 aliphatic carbocycles. The van der Waals surface area contributed by atoms with Crippen molar-refractivity contribution >= 4 is 29.4 Å². The van der Waals surface area contributed by atoms with E-state index in [2.05, 4.69) is 10.6 Å². The van der Waals surface area contributed by atoms with Gasteiger partial charge in [0.15, 0.2) is 0 Å². The fraction of sp³-hybridized carbons (Fsp3) is 0.304. The molecule has 0 spiro atoms. The van der Waals surface area contributed by atoms with Gasteiger partial charge in [0.1, 0.15) is 6.04 Å². The van der Waals surface area contributed by atoms with Crippen LogP contribution < -0.4 is 10.6 Å². The molecule has 10 heteroatoms. The maximum Gasteiger partial charge on any atom is 0.322 e. The summed E-state index contributed by atoms with van der Waals surface area (Å²) in [5, 5.41) is 4.88. The predicted octanol–water partition coefficient (Wildman–Crippen LogP) is 2.59. The number of nitrogens with zero attached hydrogens (tertiary/aromatic N) is 2. The quantitative estimate of drug-likeness (QED) is 0.682. The number of hydrogen-bond donors (Lipinski definition) is 2. The molecule has 5 amide bonds. The zero-order valence-corrected chi connectivity index (χ0v) is 17.4. The Hall–Kier alpha value is -3.82. The molecule has 1 saturated heterocycles. The second-order valence-electron chi connectivity index (χ2n) is 8.42. The van der Waals surface area contributed by atoms with Crippen LogP contribution in [0.4, 0.5) is 19.3 Å². The van der Waals surface area contributed by atoms with E-state index in [-0.39, 0.29) is 43.3 Å². The second-order valence-corrected chi connectivity index (χ2v) is 8.42. The lowest BCUT2D eigenvalue weighted by Crippen LogP contribution is -2.52. The third-order valence-electron chi connectivity index (χ3n) is 6.22. The van der Waals surface area contributed by atoms with Crippen molar-refractivity contribution in [2.45, 2.75) is 37.9 Å². The number of urea groups is 1. The summed E-state index contributed by atoms with van der Waals surface area (Å²) >= 11 is 0. The molecule has 3 heterocycles. The molecule has 170 valence electrons. The first-order chi connectivity index (χ1) is 15.7. The van der Waals surface area contributed by atoms with Crippen LogP contribution in [0.25, 0.3) is 0 Å². The Bertz CT molecular complexity index is 1200. The fourth-order valence-electron chi connectivity index (χ4n) is 4.60. The van der Waals surface area contributed by atoms with Gasteiger partial charge < -0.3 is 15.1 Å². The Kier molecular flexibility index (Phi) is 4.88. The Balaban J connectivity index is 1.30. The third-order valence-corrected chi connectivity index (χ3v) is 6.22. The lowest BCUT2D eigenvalue weighted by molar-refractivity contribution is -0.136. The molecular weight excluding hydrogens is 434 g/mol. The number of anilines is 1. The summed E-state index contributed by atoms with van der Waals surface area (Å²) < 4.78 is 29.1. The maximum atomic E-state index is 14.5. The van der Waals surface area contributed by atoms with Gasteiger partial charge >= 0.3 is 6.03 Å². The van der Waals surface area contributed by atoms with Gasteiger partial charge in [0.2, 0.25) is 11.8 Å². The number of piperidine rings is 1. The number of carbonyl (C=O) groups is 4. The van der Waals surface area contributed by atoms with Gasteiger partial charge in [-0.1, -0.05) is 24.3 Å². The number of alkyl halides is 2. The normalized spacial score (nSPS) is 21.4. The second kappa shape index (κ2) is 7.65. The molecule has 5 rings (SSSR count). The van der Waals surface area contributed by atoms with Crippen molar-refractivity contribution in [1.29, 1.82) is 0 Å². The predicted molar refractivity (Wildman–Crippen MR) is 112 cm³/mol. The Morgan fingerprint density at radius 2 is 1.85 bits per heavy atom. The van der Waals surface area contributed by atoms with E-state index >= 15 is 0 Å². The van der Waals surface area contributed by atoms with Crippen LogP contribution in [0.1, 0.15) is 39.9 Å². The first-order valence-corrected chi connectivity index (χ1v) is 10.5. The molecule has 2 N–H and O–H groups in total. The molecule has 1 unspecified atom stereocenters. The molecule has 2 aromatic carbocycles. The van der Waals surface area contributed by atoms with Crippen molar-refractivity contribution in [2.24, 2.45) is 0 Å². The largest absolute Gasteiger partial charge is 0.322 e. The fourth-order valence-corrected chi connectivity index (χ4v) is 4.60. The molecule has 3 aliphatic rings. The average molecular weight is 454 g/mol. The van der Waals surface area contributed by atoms with Crippen molar-refractivity contribution < 1.29 is 28.0 Å². The molecule has 0 radical (unpaired) electrons. The van der Waals surface area contributed by atoms with E-state index in [9.17, 15) is 28.0 Å². The van der Waals surface area contributed by atoms with E-state index in [1.165, 1.54) is 17.0 Å². The monoisotopic (exact) mass is 454 g/mol. The molecule has 0 bridgehead atoms. The van der Waals surface area contributed by atoms with E-state index in [4.69, 9.17) is 0 Å². The minimum absolute atomic E-state index is 0.0598. The summed E-state index contributed by atoms with van der Waals surface area (Å²) in [5.41, 5.74) is 1.69. The highest BCUT2D eigenvalue weighted by atomic mass is 19.3. The van der Waals surface area contributed by atoms with Gasteiger partial charge in [0.25, 0.3) is 11.8 Å². The van der Waals surface area contributed by atoms with Crippen LogP contribution in [-0.4, -0.2) is 46.1 Å². The molecule has 0 aromatic heterocycles. The topological polar surface area (TPSA) is 98.8 Å². The van der Waals surface area contributed by atoms with Gasteiger partial charge in [-0.05, 0) is 35.7 Å². The minimum atomic E-state index is -3.15. The summed E-state index contributed by atoms with van der Waals surface area (Å²) in [7, 11) is 0. The molecule has 0 saturated carbocycles. The number of fused-ring (bicyclic) bond motifs is 2. The summed E-state index contributed by atoms with van der Waals surface area (Å²) in [6.07, 6.45) is 0.403. The highest BCUT2D eigenvalue weighted by Crippen LogP contribution is 2.37. The standard InChI is InChI=1S/C23H20F2N4O4/c24-23(25)12-28(10-13-3-1-2-4-17(13)23)22(33)26-15-5-6-16-14(9-15)11-29(21(16)32)18-7-8-19(30)27-20(18)31/h1-6,9,18H,7-8,10-12H2,(H,26,33)(H,27,30,31). The van der Waals surface area contributed by atoms with Crippen LogP contribution in [0.2, 0.25) is 0 Å². The van der Waals surface area contributed by atoms with Crippen molar-refractivity contribution in [1.82, 2.24) is 15.1 Å². The van der Waals surface area contributed by atoms with Gasteiger partial charge in [-0.15, -0.1) is 0 Å². The van der Waals surface area contributed by atoms with Crippen molar-refractivity contribution in [3.63, 3.8) is 0 Å². The van der Waals surface area contributed by atoms with Crippen LogP contribution in [0.5, 0.6) is 0 Å². The SMILES string of the molecule is O=C1CCC(N2Cc3cc(NC(=O)N4Cc5ccccc5C(F)(F)C4)ccc3C2=O)C(=O)N1. The first kappa shape index (κ1) is 21.0. The molecule has 2 aromatic rings. The number of halogens is 2. The molecule has 1 atom stereocenters. The lowest BCUT2D eigenvalue weighted by atomic mass is 9.97. The first-order valence-electron chi connectivity index (χ1n) is 10.5. The smallest absolute Gasteiger partial charge is 0.322 e. The van der Waals surface area contributed by atoms with E-state index in [0.29, 0.717) is 22.4 Å². The van der Waals surface area contributed by atoms with Crippen LogP contribution in [-0.2, 0) is 28.6 Å². The summed E-state index contributed by atoms with van der Waals surface area (Å²) in [4.78, 5) is 51.5. The number of rotatable bonds is 2. The van der Waals surface area contributed by atoms with Gasteiger partial charge in [0, 0.05) is 36.3 Å². The Labute approximate surface area is 187 Å². The van der Waals surface area contributed by atoms with E-state index < -0.39 is 30.4 Å². The van der Waals surface area contributed by atoms with E-state index in [1.54, 1.807) is 30.3 Å². The lowest BCUT2D eigenvalue weighted by Gasteiger charge is -2.34. The molecule has 1 fully saturated rings. The Morgan fingerprint density at radius 1 is 1.06 bits per heavy atom. The Morgan fingerprint density at radius 3 is 2.64 bits per heavy atom. The number of carbonyl (C=O) groups excluding carboxylic acids is 4. The highest BCUT2D eigenvalue weighted by molar-refractivity contribution is 6.05. The van der Waals surface area contributed by atoms with Gasteiger partial charge in [0.05, 0.1) is 6.54 Å². The minimum Gasteiger partial charge on any atom is -0.322 e. The summed E-state index contributed by atoms with van der Waals surface area (Å²) in [6.45, 7) is -0.522. The zero-order valence-electron chi connectivity index (χ0n) is 17.4. The highest BCUT2D eigenvalue weighted by Gasteiger charge is 2.42. The van der Waals surface area contributed by atoms with E-state index in [1.807, 2.05) is 0 Å². The van der Waals surface area contributed by atoms with Gasteiger partial charge in [-0.25, -0.2) is 4.79 Å². The number of hydrogen-bond acceptors (Lipinski definition) is 4. The zero-order chi connectivity index (χ0) is 23.3. The van der Waals surface area contributed by atoms with Gasteiger partial charge in [-0.3, -0.25) is 19.7 Å². The number of nitrogens with one attached hydrogen (secondary N) is 2. The maximum absolute atomic E-state index is 14.5. The van der Waals surface area contributed by atoms with Crippen molar-refractivity contribution in [3.05, 3.63) is 64.7 Å². The van der Waals surface area contributed by atoms with Gasteiger partial charge in [-0.2, -0.15) is 8.78 Å². The van der Waals surface area contributed by atoms with E-state index in [0.717, 1.165) is 4.90 Å². The van der Waals surface area contributed by atoms with Crippen LogP contribution in [0.3, 0.4) is 0 Å². The van der Waals surface area contributed by atoms with Crippen LogP contribution in [0.15, 0.2) is 42.5 Å². The van der Waals surface area contributed by atoms with Crippen LogP contribution >= 0.6 is 0 Å². The van der Waals surface area contributed by atoms with Crippen molar-refractivity contribution in [3.8, 4) is 0 Å². The van der Waals surface area contributed by atoms with Crippen LogP contribution in [0, 0.1) is 0 Å². The summed E-state index contributed by atoms with van der Waals surface area (Å²) in [5.74, 6) is -4.35. The molecular formula is C23H20F2N4O4. The summed E-state index contributed by atoms with van der Waals surface area (Å²) in [6, 6.07) is 9.41. The van der Waals surface area contributed by atoms with Crippen molar-refractivity contribution in [2.75, 3.05) is 11.9 Å². The number of benzene rings is 2. The molecule has 8 nitrogen and oxygen atoms in total. The number of imide groups is 1. The molecule has 33 heavy (non-hydrogen) atoms. The third kappa shape index (κ3) is 3.71.